The molecule has 2 heterocycles. The predicted octanol–water partition coefficient (Wildman–Crippen LogP) is 4.47. The highest BCUT2D eigenvalue weighted by Crippen LogP contribution is 2.23. The maximum Gasteiger partial charge on any atom is 0.249 e. The molecule has 1 aliphatic rings. The van der Waals surface area contributed by atoms with Crippen LogP contribution in [-0.4, -0.2) is 34.7 Å². The molecule has 1 aromatic heterocycles. The third-order valence-electron chi connectivity index (χ3n) is 6.04. The van der Waals surface area contributed by atoms with Crippen molar-refractivity contribution < 1.29 is 9.53 Å². The summed E-state index contributed by atoms with van der Waals surface area (Å²) < 4.78 is 7.78. The highest BCUT2D eigenvalue weighted by Gasteiger charge is 2.23. The van der Waals surface area contributed by atoms with Gasteiger partial charge in [0.15, 0.2) is 0 Å². The highest BCUT2D eigenvalue weighted by atomic mass is 16.5. The molecule has 4 aromatic rings. The van der Waals surface area contributed by atoms with Gasteiger partial charge in [-0.05, 0) is 47.7 Å². The maximum absolute atomic E-state index is 12.2. The van der Waals surface area contributed by atoms with Crippen molar-refractivity contribution in [1.29, 1.82) is 0 Å². The van der Waals surface area contributed by atoms with Crippen molar-refractivity contribution in [2.24, 2.45) is 0 Å². The molecule has 5 nitrogen and oxygen atoms in total. The standard InChI is InChI=1S/C26H27N3O2/c30-26(24-14-7-17-31-24)27-16-6-15-25-28-22-12-3-4-13-23(22)29(25)18-20-10-5-9-19-8-1-2-11-21(19)20/h1-5,8-13,24H,6-7,14-18H2,(H,27,30). The maximum atomic E-state index is 12.2. The van der Waals surface area contributed by atoms with Gasteiger partial charge in [0.25, 0.3) is 0 Å². The Hall–Kier alpha value is -3.18. The number of benzene rings is 3. The van der Waals surface area contributed by atoms with E-state index in [1.165, 1.54) is 16.3 Å². The van der Waals surface area contributed by atoms with Crippen LogP contribution in [0.4, 0.5) is 0 Å². The summed E-state index contributed by atoms with van der Waals surface area (Å²) >= 11 is 0. The van der Waals surface area contributed by atoms with Crippen molar-refractivity contribution in [2.75, 3.05) is 13.2 Å². The molecule has 0 radical (unpaired) electrons. The first-order valence-electron chi connectivity index (χ1n) is 11.1. The van der Waals surface area contributed by atoms with Crippen LogP contribution in [0.3, 0.4) is 0 Å². The number of imidazole rings is 1. The van der Waals surface area contributed by atoms with E-state index in [1.54, 1.807) is 0 Å². The molecule has 1 aliphatic heterocycles. The Balaban J connectivity index is 1.35. The molecule has 1 amide bonds. The Bertz CT molecular complexity index is 1200. The van der Waals surface area contributed by atoms with Gasteiger partial charge in [0.05, 0.1) is 11.0 Å². The number of rotatable bonds is 7. The fourth-order valence-electron chi connectivity index (χ4n) is 4.45. The lowest BCUT2D eigenvalue weighted by molar-refractivity contribution is -0.130. The average Bonchev–Trinajstić information content (AvgIpc) is 3.46. The van der Waals surface area contributed by atoms with Crippen molar-refractivity contribution in [3.63, 3.8) is 0 Å². The van der Waals surface area contributed by atoms with Crippen molar-refractivity contribution in [3.05, 3.63) is 78.1 Å². The van der Waals surface area contributed by atoms with Crippen LogP contribution in [0.5, 0.6) is 0 Å². The molecule has 158 valence electrons. The second kappa shape index (κ2) is 8.90. The number of hydrogen-bond acceptors (Lipinski definition) is 3. The van der Waals surface area contributed by atoms with Crippen molar-refractivity contribution in [1.82, 2.24) is 14.9 Å². The topological polar surface area (TPSA) is 56.2 Å². The summed E-state index contributed by atoms with van der Waals surface area (Å²) in [5.41, 5.74) is 3.45. The van der Waals surface area contributed by atoms with E-state index in [2.05, 4.69) is 70.5 Å². The van der Waals surface area contributed by atoms with Crippen LogP contribution in [-0.2, 0) is 22.5 Å². The van der Waals surface area contributed by atoms with Crippen LogP contribution >= 0.6 is 0 Å². The van der Waals surface area contributed by atoms with Gasteiger partial charge in [-0.1, -0.05) is 54.6 Å². The second-order valence-corrected chi connectivity index (χ2v) is 8.14. The third kappa shape index (κ3) is 4.19. The van der Waals surface area contributed by atoms with E-state index in [-0.39, 0.29) is 12.0 Å². The van der Waals surface area contributed by atoms with E-state index >= 15 is 0 Å². The van der Waals surface area contributed by atoms with Crippen LogP contribution in [0.1, 0.15) is 30.7 Å². The summed E-state index contributed by atoms with van der Waals surface area (Å²) in [6.45, 7) is 2.10. The van der Waals surface area contributed by atoms with Crippen LogP contribution in [0, 0.1) is 0 Å². The lowest BCUT2D eigenvalue weighted by Crippen LogP contribution is -2.34. The van der Waals surface area contributed by atoms with Gasteiger partial charge in [0, 0.05) is 26.1 Å². The summed E-state index contributed by atoms with van der Waals surface area (Å²) in [7, 11) is 0. The Labute approximate surface area is 182 Å². The van der Waals surface area contributed by atoms with E-state index in [1.807, 2.05) is 6.07 Å². The molecule has 0 saturated carbocycles. The van der Waals surface area contributed by atoms with Gasteiger partial charge in [-0.25, -0.2) is 4.98 Å². The fourth-order valence-corrected chi connectivity index (χ4v) is 4.45. The molecule has 5 rings (SSSR count). The van der Waals surface area contributed by atoms with E-state index < -0.39 is 0 Å². The number of para-hydroxylation sites is 2. The quantitative estimate of drug-likeness (QED) is 0.455. The molecule has 5 heteroatoms. The summed E-state index contributed by atoms with van der Waals surface area (Å²) in [6, 6.07) is 23.3. The van der Waals surface area contributed by atoms with Crippen LogP contribution in [0.2, 0.25) is 0 Å². The summed E-state index contributed by atoms with van der Waals surface area (Å²) in [5, 5.41) is 5.55. The minimum absolute atomic E-state index is 0.0155. The number of carbonyl (C=O) groups is 1. The van der Waals surface area contributed by atoms with E-state index in [0.29, 0.717) is 13.2 Å². The Morgan fingerprint density at radius 1 is 1.06 bits per heavy atom. The molecule has 31 heavy (non-hydrogen) atoms. The van der Waals surface area contributed by atoms with E-state index in [9.17, 15) is 4.79 Å². The summed E-state index contributed by atoms with van der Waals surface area (Å²) in [6.07, 6.45) is 3.18. The first-order chi connectivity index (χ1) is 15.3. The number of aromatic nitrogens is 2. The number of hydrogen-bond donors (Lipinski definition) is 1. The minimum Gasteiger partial charge on any atom is -0.368 e. The molecule has 1 saturated heterocycles. The SMILES string of the molecule is O=C(NCCCc1nc2ccccc2n1Cc1cccc2ccccc12)C1CCCO1. The first kappa shape index (κ1) is 19.8. The molecule has 0 bridgehead atoms. The zero-order valence-electron chi connectivity index (χ0n) is 17.6. The average molecular weight is 414 g/mol. The number of carbonyl (C=O) groups excluding carboxylic acids is 1. The zero-order chi connectivity index (χ0) is 21.0. The molecule has 1 unspecified atom stereocenters. The van der Waals surface area contributed by atoms with Crippen LogP contribution in [0.15, 0.2) is 66.7 Å². The monoisotopic (exact) mass is 413 g/mol. The number of aryl methyl sites for hydroxylation is 1. The number of fused-ring (bicyclic) bond motifs is 2. The van der Waals surface area contributed by atoms with Gasteiger partial charge in [-0.2, -0.15) is 0 Å². The molecule has 0 spiro atoms. The predicted molar refractivity (Wildman–Crippen MR) is 123 cm³/mol. The largest absolute Gasteiger partial charge is 0.368 e. The number of nitrogens with one attached hydrogen (secondary N) is 1. The van der Waals surface area contributed by atoms with Crippen molar-refractivity contribution in [3.8, 4) is 0 Å². The number of nitrogens with zero attached hydrogens (tertiary/aromatic N) is 2. The molecule has 1 N–H and O–H groups in total. The van der Waals surface area contributed by atoms with E-state index in [4.69, 9.17) is 9.72 Å². The second-order valence-electron chi connectivity index (χ2n) is 8.14. The zero-order valence-corrected chi connectivity index (χ0v) is 17.6. The minimum atomic E-state index is -0.268. The van der Waals surface area contributed by atoms with Gasteiger partial charge in [0.2, 0.25) is 5.91 Å². The molecule has 1 fully saturated rings. The van der Waals surface area contributed by atoms with Gasteiger partial charge in [-0.15, -0.1) is 0 Å². The Morgan fingerprint density at radius 2 is 1.90 bits per heavy atom. The number of amides is 1. The summed E-state index contributed by atoms with van der Waals surface area (Å²) in [5.74, 6) is 1.07. The molecular weight excluding hydrogens is 386 g/mol. The molecule has 3 aromatic carbocycles. The van der Waals surface area contributed by atoms with Crippen molar-refractivity contribution in [2.45, 2.75) is 38.3 Å². The van der Waals surface area contributed by atoms with Gasteiger partial charge in [0.1, 0.15) is 11.9 Å². The molecular formula is C26H27N3O2. The smallest absolute Gasteiger partial charge is 0.249 e. The Morgan fingerprint density at radius 3 is 2.81 bits per heavy atom. The van der Waals surface area contributed by atoms with E-state index in [0.717, 1.165) is 49.1 Å². The number of ether oxygens (including phenoxy) is 1. The van der Waals surface area contributed by atoms with Gasteiger partial charge < -0.3 is 14.6 Å². The molecule has 0 aliphatic carbocycles. The highest BCUT2D eigenvalue weighted by molar-refractivity contribution is 5.86. The van der Waals surface area contributed by atoms with Crippen LogP contribution in [0.25, 0.3) is 21.8 Å². The van der Waals surface area contributed by atoms with Crippen LogP contribution < -0.4 is 5.32 Å². The Kier molecular flexibility index (Phi) is 5.67. The normalized spacial score (nSPS) is 16.2. The lowest BCUT2D eigenvalue weighted by atomic mass is 10.0. The molecule has 1 atom stereocenters. The van der Waals surface area contributed by atoms with Crippen molar-refractivity contribution >= 4 is 27.7 Å². The first-order valence-corrected chi connectivity index (χ1v) is 11.1. The summed E-state index contributed by atoms with van der Waals surface area (Å²) in [4.78, 5) is 17.1. The third-order valence-corrected chi connectivity index (χ3v) is 6.04. The lowest BCUT2D eigenvalue weighted by Gasteiger charge is -2.13. The fraction of sp³-hybridized carbons (Fsp3) is 0.308. The van der Waals surface area contributed by atoms with Gasteiger partial charge >= 0.3 is 0 Å². The van der Waals surface area contributed by atoms with Gasteiger partial charge in [-0.3, -0.25) is 4.79 Å².